The minimum Gasteiger partial charge on any atom is -0.467 e. The Labute approximate surface area is 221 Å². The van der Waals surface area contributed by atoms with Gasteiger partial charge in [0.05, 0.1) is 40.4 Å². The lowest BCUT2D eigenvalue weighted by molar-refractivity contribution is 0.100. The molecule has 7 aromatic rings. The molecule has 7 nitrogen and oxygen atoms in total. The van der Waals surface area contributed by atoms with Crippen molar-refractivity contribution in [1.82, 2.24) is 14.5 Å². The molecule has 0 saturated carbocycles. The molecule has 3 aromatic heterocycles. The number of fused-ring (bicyclic) bond motifs is 4. The highest BCUT2D eigenvalue weighted by atomic mass is 19.1. The lowest BCUT2D eigenvalue weighted by atomic mass is 10.1. The Hall–Kier alpha value is -5.37. The molecule has 4 N–H and O–H groups in total. The molecule has 0 saturated heterocycles. The molecule has 4 aromatic carbocycles. The number of carbonyl (C=O) groups excluding carboxylic acids is 1. The van der Waals surface area contributed by atoms with Crippen molar-refractivity contribution in [3.8, 4) is 17.1 Å². The Kier molecular flexibility index (Phi) is 5.19. The van der Waals surface area contributed by atoms with E-state index in [9.17, 15) is 9.18 Å². The van der Waals surface area contributed by atoms with E-state index in [0.29, 0.717) is 34.7 Å². The first-order valence-electron chi connectivity index (χ1n) is 12.4. The molecule has 0 atom stereocenters. The number of nitrogens with one attached hydrogen (secondary N) is 2. The summed E-state index contributed by atoms with van der Waals surface area (Å²) in [5, 5.41) is 5.35. The number of furan rings is 1. The largest absolute Gasteiger partial charge is 0.467 e. The monoisotopic (exact) mass is 515 g/mol. The summed E-state index contributed by atoms with van der Waals surface area (Å²) in [4.78, 5) is 20.3. The van der Waals surface area contributed by atoms with Gasteiger partial charge in [-0.3, -0.25) is 4.79 Å². The number of para-hydroxylation sites is 1. The van der Waals surface area contributed by atoms with Crippen molar-refractivity contribution in [2.45, 2.75) is 6.54 Å². The number of amides is 1. The average molecular weight is 516 g/mol. The molecule has 0 radical (unpaired) electrons. The molecule has 190 valence electrons. The summed E-state index contributed by atoms with van der Waals surface area (Å²) < 4.78 is 21.5. The summed E-state index contributed by atoms with van der Waals surface area (Å²) in [6.45, 7) is 0.403. The maximum Gasteiger partial charge on any atom is 0.250 e. The van der Waals surface area contributed by atoms with Gasteiger partial charge in [-0.15, -0.1) is 0 Å². The van der Waals surface area contributed by atoms with Gasteiger partial charge in [0.25, 0.3) is 5.91 Å². The Balaban J connectivity index is 1.43. The minimum atomic E-state index is -0.519. The molecule has 1 amide bonds. The maximum absolute atomic E-state index is 13.9. The van der Waals surface area contributed by atoms with Crippen molar-refractivity contribution in [3.63, 3.8) is 0 Å². The van der Waals surface area contributed by atoms with Crippen molar-refractivity contribution in [3.05, 3.63) is 114 Å². The number of hydrogen-bond donors (Lipinski definition) is 3. The van der Waals surface area contributed by atoms with Crippen LogP contribution in [0.3, 0.4) is 0 Å². The van der Waals surface area contributed by atoms with Gasteiger partial charge in [-0.1, -0.05) is 30.3 Å². The normalized spacial score (nSPS) is 11.5. The number of carbonyl (C=O) groups is 1. The van der Waals surface area contributed by atoms with Gasteiger partial charge in [0.2, 0.25) is 0 Å². The summed E-state index contributed by atoms with van der Waals surface area (Å²) in [7, 11) is 0. The molecule has 39 heavy (non-hydrogen) atoms. The van der Waals surface area contributed by atoms with Gasteiger partial charge in [-0.25, -0.2) is 9.37 Å². The van der Waals surface area contributed by atoms with Crippen LogP contribution in [0.4, 0.5) is 10.1 Å². The topological polar surface area (TPSA) is 102 Å². The van der Waals surface area contributed by atoms with Crippen LogP contribution in [0, 0.1) is 5.82 Å². The maximum atomic E-state index is 13.9. The first kappa shape index (κ1) is 22.8. The number of rotatable bonds is 6. The van der Waals surface area contributed by atoms with E-state index in [-0.39, 0.29) is 5.82 Å². The Bertz CT molecular complexity index is 2020. The lowest BCUT2D eigenvalue weighted by Crippen LogP contribution is -2.15. The average Bonchev–Trinajstić information content (AvgIpc) is 3.68. The highest BCUT2D eigenvalue weighted by Gasteiger charge is 2.19. The smallest absolute Gasteiger partial charge is 0.250 e. The van der Waals surface area contributed by atoms with Crippen molar-refractivity contribution < 1.29 is 13.6 Å². The van der Waals surface area contributed by atoms with Gasteiger partial charge in [-0.05, 0) is 60.7 Å². The zero-order valence-corrected chi connectivity index (χ0v) is 20.6. The number of aromatic amines is 1. The summed E-state index contributed by atoms with van der Waals surface area (Å²) in [6.07, 6.45) is 1.61. The second-order valence-corrected chi connectivity index (χ2v) is 9.33. The van der Waals surface area contributed by atoms with E-state index in [1.54, 1.807) is 18.4 Å². The lowest BCUT2D eigenvalue weighted by Gasteiger charge is -2.14. The van der Waals surface area contributed by atoms with Crippen LogP contribution in [-0.2, 0) is 6.54 Å². The number of imidazole rings is 1. The molecular weight excluding hydrogens is 493 g/mol. The molecule has 0 unspecified atom stereocenters. The second-order valence-electron chi connectivity index (χ2n) is 9.33. The van der Waals surface area contributed by atoms with Crippen LogP contribution in [-0.4, -0.2) is 20.4 Å². The molecule has 3 heterocycles. The number of anilines is 1. The van der Waals surface area contributed by atoms with E-state index in [1.807, 2.05) is 48.5 Å². The minimum absolute atomic E-state index is 0.316. The van der Waals surface area contributed by atoms with E-state index >= 15 is 0 Å². The van der Waals surface area contributed by atoms with E-state index in [1.165, 1.54) is 12.1 Å². The Morgan fingerprint density at radius 3 is 2.69 bits per heavy atom. The molecule has 0 aliphatic carbocycles. The van der Waals surface area contributed by atoms with Crippen LogP contribution in [0.25, 0.3) is 49.9 Å². The highest BCUT2D eigenvalue weighted by molar-refractivity contribution is 6.15. The number of H-pyrrole nitrogens is 1. The predicted octanol–water partition coefficient (Wildman–Crippen LogP) is 6.77. The number of halogens is 1. The van der Waals surface area contributed by atoms with E-state index in [2.05, 4.69) is 33.1 Å². The molecule has 0 bridgehead atoms. The molecule has 8 heteroatoms. The van der Waals surface area contributed by atoms with E-state index in [4.69, 9.17) is 15.1 Å². The van der Waals surface area contributed by atoms with Gasteiger partial charge in [0.15, 0.2) is 0 Å². The first-order chi connectivity index (χ1) is 19.1. The fourth-order valence-electron chi connectivity index (χ4n) is 5.23. The van der Waals surface area contributed by atoms with Crippen LogP contribution in [0.5, 0.6) is 0 Å². The van der Waals surface area contributed by atoms with Gasteiger partial charge < -0.3 is 25.0 Å². The summed E-state index contributed by atoms with van der Waals surface area (Å²) in [5.41, 5.74) is 11.7. The Morgan fingerprint density at radius 2 is 1.85 bits per heavy atom. The predicted molar refractivity (Wildman–Crippen MR) is 150 cm³/mol. The van der Waals surface area contributed by atoms with E-state index < -0.39 is 5.91 Å². The van der Waals surface area contributed by atoms with Crippen LogP contribution in [0.1, 0.15) is 16.1 Å². The summed E-state index contributed by atoms with van der Waals surface area (Å²) in [5.74, 6) is 0.565. The standard InChI is InChI=1S/C31H22FN5O2/c32-18-10-13-24-26(15-18)36-31(35-24)23-7-3-9-28-29(23)22-6-1-2-8-27(22)37(28)19-11-12-21(30(33)38)25(16-19)34-17-20-5-4-14-39-20/h1-16,34H,17H2,(H2,33,38)(H,35,36). The molecule has 0 aliphatic heterocycles. The highest BCUT2D eigenvalue weighted by Crippen LogP contribution is 2.38. The van der Waals surface area contributed by atoms with E-state index in [0.717, 1.165) is 38.8 Å². The van der Waals surface area contributed by atoms with Gasteiger partial charge in [-0.2, -0.15) is 0 Å². The van der Waals surface area contributed by atoms with Gasteiger partial charge in [0.1, 0.15) is 17.4 Å². The van der Waals surface area contributed by atoms with Crippen LogP contribution in [0.2, 0.25) is 0 Å². The fraction of sp³-hybridized carbons (Fsp3) is 0.0323. The Morgan fingerprint density at radius 1 is 0.974 bits per heavy atom. The van der Waals surface area contributed by atoms with Crippen molar-refractivity contribution in [2.75, 3.05) is 5.32 Å². The second kappa shape index (κ2) is 8.88. The number of benzene rings is 4. The zero-order chi connectivity index (χ0) is 26.5. The zero-order valence-electron chi connectivity index (χ0n) is 20.6. The van der Waals surface area contributed by atoms with Crippen LogP contribution < -0.4 is 11.1 Å². The number of hydrogen-bond acceptors (Lipinski definition) is 4. The third-order valence-corrected chi connectivity index (χ3v) is 6.96. The molecular formula is C31H22FN5O2. The van der Waals surface area contributed by atoms with Gasteiger partial charge in [0, 0.05) is 27.7 Å². The third kappa shape index (κ3) is 3.81. The number of primary amides is 1. The fourth-order valence-corrected chi connectivity index (χ4v) is 5.23. The number of nitrogens with zero attached hydrogens (tertiary/aromatic N) is 2. The first-order valence-corrected chi connectivity index (χ1v) is 12.4. The number of aromatic nitrogens is 3. The number of nitrogens with two attached hydrogens (primary N) is 1. The van der Waals surface area contributed by atoms with Crippen molar-refractivity contribution in [2.24, 2.45) is 5.73 Å². The molecule has 0 spiro atoms. The van der Waals surface area contributed by atoms with Gasteiger partial charge >= 0.3 is 0 Å². The molecule has 0 aliphatic rings. The third-order valence-electron chi connectivity index (χ3n) is 6.96. The van der Waals surface area contributed by atoms with Crippen molar-refractivity contribution in [1.29, 1.82) is 0 Å². The van der Waals surface area contributed by atoms with Crippen molar-refractivity contribution >= 4 is 44.4 Å². The van der Waals surface area contributed by atoms with Crippen LogP contribution >= 0.6 is 0 Å². The quantitative estimate of drug-likeness (QED) is 0.227. The SMILES string of the molecule is NC(=O)c1ccc(-n2c3ccccc3c3c(-c4nc5ccc(F)cc5[nH]4)cccc32)cc1NCc1ccco1. The summed E-state index contributed by atoms with van der Waals surface area (Å²) >= 11 is 0. The van der Waals surface area contributed by atoms with Crippen LogP contribution in [0.15, 0.2) is 102 Å². The molecule has 0 fully saturated rings. The molecule has 7 rings (SSSR count). The summed E-state index contributed by atoms with van der Waals surface area (Å²) in [6, 6.07) is 27.9.